The van der Waals surface area contributed by atoms with E-state index in [1.165, 1.54) is 29.8 Å². The molecule has 3 aromatic carbocycles. The molecule has 0 spiro atoms. The van der Waals surface area contributed by atoms with Gasteiger partial charge in [-0.3, -0.25) is 9.11 Å². The van der Waals surface area contributed by atoms with Crippen molar-refractivity contribution in [2.75, 3.05) is 6.54 Å². The van der Waals surface area contributed by atoms with Crippen molar-refractivity contribution < 1.29 is 31.0 Å². The van der Waals surface area contributed by atoms with E-state index in [0.29, 0.717) is 19.0 Å². The van der Waals surface area contributed by atoms with E-state index in [0.717, 1.165) is 17.5 Å². The van der Waals surface area contributed by atoms with Crippen LogP contribution in [0.1, 0.15) is 37.0 Å². The zero-order chi connectivity index (χ0) is 29.6. The van der Waals surface area contributed by atoms with Gasteiger partial charge in [0.2, 0.25) is 0 Å². The van der Waals surface area contributed by atoms with Crippen LogP contribution >= 0.6 is 0 Å². The van der Waals surface area contributed by atoms with Gasteiger partial charge in [-0.25, -0.2) is 0 Å². The monoisotopic (exact) mass is 580 g/mol. The second-order valence-corrected chi connectivity index (χ2v) is 12.1. The van der Waals surface area contributed by atoms with Crippen LogP contribution in [0.3, 0.4) is 0 Å². The lowest BCUT2D eigenvalue weighted by Gasteiger charge is -2.21. The van der Waals surface area contributed by atoms with Gasteiger partial charge in [0.05, 0.1) is 15.9 Å². The van der Waals surface area contributed by atoms with Gasteiger partial charge >= 0.3 is 0 Å². The molecule has 0 unspecified atom stereocenters. The van der Waals surface area contributed by atoms with E-state index in [-0.39, 0.29) is 15.8 Å². The Morgan fingerprint density at radius 1 is 0.769 bits per heavy atom. The lowest BCUT2D eigenvalue weighted by atomic mass is 10.0. The molecular formula is C28H40N2O7S2. The van der Waals surface area contributed by atoms with Gasteiger partial charge in [-0.2, -0.15) is 16.8 Å². The quantitative estimate of drug-likeness (QED) is 0.237. The number of nitrogens with two attached hydrogens (primary N) is 1. The molecule has 0 radical (unpaired) electrons. The first-order chi connectivity index (χ1) is 18.1. The van der Waals surface area contributed by atoms with E-state index in [9.17, 15) is 21.9 Å². The number of nitrogens with one attached hydrogen (secondary N) is 1. The molecule has 0 aliphatic carbocycles. The lowest BCUT2D eigenvalue weighted by Crippen LogP contribution is -2.45. The number of rotatable bonds is 9. The van der Waals surface area contributed by atoms with E-state index in [1.807, 2.05) is 44.2 Å². The summed E-state index contributed by atoms with van der Waals surface area (Å²) < 4.78 is 59.1. The van der Waals surface area contributed by atoms with Gasteiger partial charge in [0.25, 0.3) is 20.2 Å². The molecule has 11 heteroatoms. The standard InChI is InChI=1S/C14H24N2O.2C7H8O3S/c1-3-11(2)16-10-14(17)13(15)9-12-7-5-4-6-8-12;2*1-6-2-4-7(5-3-6)11(8,9)10/h4-8,11,13-14,16-17H,3,9-10,15H2,1-2H3;2*2-5H,1H3,(H,8,9,10)/t11-,13-,14+;;/m0../s1. The smallest absolute Gasteiger partial charge is 0.294 e. The molecule has 9 nitrogen and oxygen atoms in total. The molecule has 3 rings (SSSR count). The highest BCUT2D eigenvalue weighted by Gasteiger charge is 2.15. The Labute approximate surface area is 232 Å². The van der Waals surface area contributed by atoms with Crippen LogP contribution in [0.5, 0.6) is 0 Å². The molecule has 39 heavy (non-hydrogen) atoms. The molecule has 0 aliphatic rings. The minimum atomic E-state index is -4.02. The second kappa shape index (κ2) is 16.5. The van der Waals surface area contributed by atoms with Crippen molar-refractivity contribution in [2.45, 2.75) is 68.5 Å². The van der Waals surface area contributed by atoms with Crippen LogP contribution in [0.25, 0.3) is 0 Å². The van der Waals surface area contributed by atoms with Crippen molar-refractivity contribution in [1.29, 1.82) is 0 Å². The van der Waals surface area contributed by atoms with Gasteiger partial charge in [-0.15, -0.1) is 0 Å². The first kappa shape index (κ1) is 34.4. The molecular weight excluding hydrogens is 540 g/mol. The number of benzene rings is 3. The molecule has 0 saturated carbocycles. The highest BCUT2D eigenvalue weighted by Crippen LogP contribution is 2.09. The summed E-state index contributed by atoms with van der Waals surface area (Å²) in [5, 5.41) is 13.2. The summed E-state index contributed by atoms with van der Waals surface area (Å²) >= 11 is 0. The summed E-state index contributed by atoms with van der Waals surface area (Å²) in [6.07, 6.45) is 1.27. The fourth-order valence-corrected chi connectivity index (χ4v) is 4.02. The van der Waals surface area contributed by atoms with Gasteiger partial charge in [0, 0.05) is 18.6 Å². The van der Waals surface area contributed by atoms with Crippen LogP contribution in [-0.4, -0.2) is 55.8 Å². The van der Waals surface area contributed by atoms with Gasteiger partial charge in [-0.05, 0) is 63.4 Å². The average molecular weight is 581 g/mol. The van der Waals surface area contributed by atoms with Crippen LogP contribution in [0.4, 0.5) is 0 Å². The number of hydrogen-bond acceptors (Lipinski definition) is 7. The lowest BCUT2D eigenvalue weighted by molar-refractivity contribution is 0.138. The third-order valence-electron chi connectivity index (χ3n) is 5.73. The number of aliphatic hydroxyl groups excluding tert-OH is 1. The molecule has 0 bridgehead atoms. The summed E-state index contributed by atoms with van der Waals surface area (Å²) in [4.78, 5) is -0.133. The maximum atomic E-state index is 10.5. The normalized spacial score (nSPS) is 13.6. The highest BCUT2D eigenvalue weighted by atomic mass is 32.2. The predicted molar refractivity (Wildman–Crippen MR) is 154 cm³/mol. The third kappa shape index (κ3) is 14.4. The molecule has 0 amide bonds. The zero-order valence-electron chi connectivity index (χ0n) is 22.7. The van der Waals surface area contributed by atoms with Gasteiger partial charge in [-0.1, -0.05) is 72.6 Å². The van der Waals surface area contributed by atoms with Crippen LogP contribution in [0.2, 0.25) is 0 Å². The Balaban J connectivity index is 0.000000304. The van der Waals surface area contributed by atoms with Crippen molar-refractivity contribution in [1.82, 2.24) is 5.32 Å². The molecule has 0 saturated heterocycles. The summed E-state index contributed by atoms with van der Waals surface area (Å²) in [5.74, 6) is 0. The largest absolute Gasteiger partial charge is 0.390 e. The maximum absolute atomic E-state index is 10.5. The van der Waals surface area contributed by atoms with E-state index in [2.05, 4.69) is 19.2 Å². The summed E-state index contributed by atoms with van der Waals surface area (Å²) in [6.45, 7) is 8.47. The third-order valence-corrected chi connectivity index (χ3v) is 7.47. The molecule has 216 valence electrons. The Bertz CT molecular complexity index is 1240. The zero-order valence-corrected chi connectivity index (χ0v) is 24.4. The molecule has 0 heterocycles. The van der Waals surface area contributed by atoms with Crippen molar-refractivity contribution in [2.24, 2.45) is 5.73 Å². The number of aryl methyl sites for hydroxylation is 2. The second-order valence-electron chi connectivity index (χ2n) is 9.21. The first-order valence-electron chi connectivity index (χ1n) is 12.4. The summed E-state index contributed by atoms with van der Waals surface area (Å²) in [6, 6.07) is 22.2. The topological polar surface area (TPSA) is 167 Å². The summed E-state index contributed by atoms with van der Waals surface area (Å²) in [5.41, 5.74) is 9.07. The van der Waals surface area contributed by atoms with Crippen molar-refractivity contribution in [3.8, 4) is 0 Å². The van der Waals surface area contributed by atoms with E-state index < -0.39 is 26.3 Å². The number of aliphatic hydroxyl groups is 1. The van der Waals surface area contributed by atoms with E-state index in [4.69, 9.17) is 14.8 Å². The van der Waals surface area contributed by atoms with Crippen LogP contribution in [-0.2, 0) is 26.7 Å². The first-order valence-corrected chi connectivity index (χ1v) is 15.3. The molecule has 6 N–H and O–H groups in total. The van der Waals surface area contributed by atoms with Crippen LogP contribution < -0.4 is 11.1 Å². The molecule has 0 fully saturated rings. The van der Waals surface area contributed by atoms with Gasteiger partial charge < -0.3 is 16.2 Å². The minimum Gasteiger partial charge on any atom is -0.390 e. The van der Waals surface area contributed by atoms with Crippen molar-refractivity contribution >= 4 is 20.2 Å². The van der Waals surface area contributed by atoms with Crippen molar-refractivity contribution in [3.63, 3.8) is 0 Å². The molecule has 0 aliphatic heterocycles. The fraction of sp³-hybridized carbons (Fsp3) is 0.357. The average Bonchev–Trinajstić information content (AvgIpc) is 2.88. The minimum absolute atomic E-state index is 0.0666. The Kier molecular flexibility index (Phi) is 14.5. The summed E-state index contributed by atoms with van der Waals surface area (Å²) in [7, 11) is -8.04. The van der Waals surface area contributed by atoms with Crippen LogP contribution in [0.15, 0.2) is 88.7 Å². The highest BCUT2D eigenvalue weighted by molar-refractivity contribution is 7.86. The Hall–Kier alpha value is -2.64. The van der Waals surface area contributed by atoms with E-state index >= 15 is 0 Å². The Morgan fingerprint density at radius 2 is 1.18 bits per heavy atom. The van der Waals surface area contributed by atoms with Crippen LogP contribution in [0, 0.1) is 13.8 Å². The molecule has 0 aromatic heterocycles. The number of hydrogen-bond donors (Lipinski definition) is 5. The van der Waals surface area contributed by atoms with Crippen molar-refractivity contribution in [3.05, 3.63) is 95.6 Å². The predicted octanol–water partition coefficient (Wildman–Crippen LogP) is 3.79. The molecule has 3 aromatic rings. The van der Waals surface area contributed by atoms with Gasteiger partial charge in [0.15, 0.2) is 0 Å². The van der Waals surface area contributed by atoms with Gasteiger partial charge in [0.1, 0.15) is 0 Å². The Morgan fingerprint density at radius 3 is 1.54 bits per heavy atom. The maximum Gasteiger partial charge on any atom is 0.294 e. The van der Waals surface area contributed by atoms with E-state index in [1.54, 1.807) is 24.3 Å². The SMILES string of the molecule is CC[C@H](C)NC[C@@H](O)[C@@H](N)Cc1ccccc1.Cc1ccc(S(=O)(=O)O)cc1.Cc1ccc(S(=O)(=O)O)cc1. The molecule has 3 atom stereocenters. The fourth-order valence-electron chi connectivity index (χ4n) is 3.06.